The molecule has 8 nitrogen and oxygen atoms in total. The van der Waals surface area contributed by atoms with Crippen molar-refractivity contribution in [1.29, 1.82) is 5.26 Å². The van der Waals surface area contributed by atoms with E-state index in [1.54, 1.807) is 55.5 Å². The number of nitrogen functional groups attached to an aromatic ring is 1. The van der Waals surface area contributed by atoms with Crippen molar-refractivity contribution in [3.8, 4) is 17.6 Å². The molecule has 0 aliphatic rings. The summed E-state index contributed by atoms with van der Waals surface area (Å²) < 4.78 is 10.5. The molecule has 0 spiro atoms. The number of amides is 2. The number of nitrogens with one attached hydrogen (secondary N) is 2. The number of hydrogen-bond acceptors (Lipinski definition) is 6. The van der Waals surface area contributed by atoms with Crippen molar-refractivity contribution >= 4 is 17.5 Å². The topological polar surface area (TPSA) is 126 Å². The maximum atomic E-state index is 12.4. The van der Waals surface area contributed by atoms with Gasteiger partial charge in [0.25, 0.3) is 11.8 Å². The van der Waals surface area contributed by atoms with Crippen molar-refractivity contribution in [1.82, 2.24) is 10.6 Å². The van der Waals surface area contributed by atoms with Gasteiger partial charge in [0.1, 0.15) is 11.6 Å². The summed E-state index contributed by atoms with van der Waals surface area (Å²) in [6.07, 6.45) is 1.08. The monoisotopic (exact) mass is 394 g/mol. The first-order valence-corrected chi connectivity index (χ1v) is 8.69. The predicted molar refractivity (Wildman–Crippen MR) is 108 cm³/mol. The first-order valence-electron chi connectivity index (χ1n) is 8.69. The molecule has 2 aromatic rings. The van der Waals surface area contributed by atoms with Crippen molar-refractivity contribution in [3.05, 3.63) is 65.4 Å². The van der Waals surface area contributed by atoms with Crippen LogP contribution >= 0.6 is 0 Å². The van der Waals surface area contributed by atoms with Gasteiger partial charge in [-0.2, -0.15) is 5.26 Å². The normalized spacial score (nSPS) is 11.7. The van der Waals surface area contributed by atoms with Gasteiger partial charge in [0, 0.05) is 17.5 Å². The lowest BCUT2D eigenvalue weighted by molar-refractivity contribution is -0.117. The fourth-order valence-corrected chi connectivity index (χ4v) is 2.48. The Morgan fingerprint density at radius 2 is 1.76 bits per heavy atom. The Kier molecular flexibility index (Phi) is 7.20. The summed E-state index contributed by atoms with van der Waals surface area (Å²) in [5.74, 6) is 0.0153. The van der Waals surface area contributed by atoms with Crippen molar-refractivity contribution in [2.75, 3.05) is 20.0 Å². The molecule has 150 valence electrons. The molecule has 0 bridgehead atoms. The number of benzene rings is 2. The Morgan fingerprint density at radius 1 is 1.10 bits per heavy atom. The standard InChI is InChI=1S/C21H22N4O4/c1-13(15-6-9-18(28-2)19(10-15)29-3)25-21(27)16(11-22)12-24-20(26)14-4-7-17(23)8-5-14/h4-10,12-13H,23H2,1-3H3,(H,24,26)(H,25,27)/b16-12-. The number of methoxy groups -OCH3 is 2. The SMILES string of the molecule is COc1ccc(C(C)NC(=O)/C(C#N)=C\NC(=O)c2ccc(N)cc2)cc1OC. The highest BCUT2D eigenvalue weighted by atomic mass is 16.5. The highest BCUT2D eigenvalue weighted by Gasteiger charge is 2.16. The van der Waals surface area contributed by atoms with Gasteiger partial charge >= 0.3 is 0 Å². The quantitative estimate of drug-likeness (QED) is 0.376. The van der Waals surface area contributed by atoms with Crippen LogP contribution in [0.5, 0.6) is 11.5 Å². The molecule has 2 aromatic carbocycles. The minimum absolute atomic E-state index is 0.235. The van der Waals surface area contributed by atoms with E-state index in [0.29, 0.717) is 22.7 Å². The number of nitriles is 1. The van der Waals surface area contributed by atoms with Crippen LogP contribution in [0.4, 0.5) is 5.69 Å². The van der Waals surface area contributed by atoms with Crippen LogP contribution in [0.2, 0.25) is 0 Å². The van der Waals surface area contributed by atoms with E-state index in [0.717, 1.165) is 11.8 Å². The maximum Gasteiger partial charge on any atom is 0.263 e. The van der Waals surface area contributed by atoms with E-state index in [4.69, 9.17) is 15.2 Å². The molecule has 0 saturated carbocycles. The Morgan fingerprint density at radius 3 is 2.34 bits per heavy atom. The Balaban J connectivity index is 2.07. The summed E-state index contributed by atoms with van der Waals surface area (Å²) >= 11 is 0. The van der Waals surface area contributed by atoms with Crippen molar-refractivity contribution < 1.29 is 19.1 Å². The van der Waals surface area contributed by atoms with Gasteiger partial charge in [-0.05, 0) is 48.9 Å². The molecular weight excluding hydrogens is 372 g/mol. The second-order valence-electron chi connectivity index (χ2n) is 6.07. The van der Waals surface area contributed by atoms with Gasteiger partial charge in [0.05, 0.1) is 20.3 Å². The third-order valence-corrected chi connectivity index (χ3v) is 4.14. The van der Waals surface area contributed by atoms with Crippen LogP contribution in [0, 0.1) is 11.3 Å². The molecule has 0 fully saturated rings. The number of anilines is 1. The Bertz CT molecular complexity index is 962. The van der Waals surface area contributed by atoms with Crippen LogP contribution < -0.4 is 25.8 Å². The van der Waals surface area contributed by atoms with Crippen LogP contribution in [0.3, 0.4) is 0 Å². The molecule has 8 heteroatoms. The van der Waals surface area contributed by atoms with Crippen LogP contribution in [-0.2, 0) is 4.79 Å². The number of ether oxygens (including phenoxy) is 2. The molecule has 4 N–H and O–H groups in total. The number of nitrogens with zero attached hydrogens (tertiary/aromatic N) is 1. The highest BCUT2D eigenvalue weighted by molar-refractivity contribution is 5.99. The fourth-order valence-electron chi connectivity index (χ4n) is 2.48. The number of rotatable bonds is 7. The lowest BCUT2D eigenvalue weighted by Gasteiger charge is -2.16. The van der Waals surface area contributed by atoms with E-state index in [1.807, 2.05) is 0 Å². The molecule has 0 heterocycles. The maximum absolute atomic E-state index is 12.4. The first kappa shape index (κ1) is 21.3. The fraction of sp³-hybridized carbons (Fsp3) is 0.190. The Hall–Kier alpha value is -3.99. The van der Waals surface area contributed by atoms with Gasteiger partial charge in [-0.15, -0.1) is 0 Å². The predicted octanol–water partition coefficient (Wildman–Crippen LogP) is 2.30. The average molecular weight is 394 g/mol. The molecule has 0 aromatic heterocycles. The van der Waals surface area contributed by atoms with E-state index >= 15 is 0 Å². The lowest BCUT2D eigenvalue weighted by Crippen LogP contribution is -2.29. The van der Waals surface area contributed by atoms with Gasteiger partial charge in [0.2, 0.25) is 0 Å². The number of nitrogens with two attached hydrogens (primary N) is 1. The molecule has 1 atom stereocenters. The van der Waals surface area contributed by atoms with Crippen molar-refractivity contribution in [3.63, 3.8) is 0 Å². The van der Waals surface area contributed by atoms with Crippen LogP contribution in [0.25, 0.3) is 0 Å². The average Bonchev–Trinajstić information content (AvgIpc) is 2.73. The van der Waals surface area contributed by atoms with Crippen LogP contribution in [0.1, 0.15) is 28.9 Å². The number of hydrogen-bond donors (Lipinski definition) is 3. The third-order valence-electron chi connectivity index (χ3n) is 4.14. The minimum atomic E-state index is -0.618. The summed E-state index contributed by atoms with van der Waals surface area (Å²) in [6.45, 7) is 1.76. The Labute approximate surface area is 168 Å². The smallest absolute Gasteiger partial charge is 0.263 e. The lowest BCUT2D eigenvalue weighted by atomic mass is 10.1. The summed E-state index contributed by atoms with van der Waals surface area (Å²) in [7, 11) is 3.05. The summed E-state index contributed by atoms with van der Waals surface area (Å²) in [4.78, 5) is 24.5. The van der Waals surface area contributed by atoms with E-state index in [2.05, 4.69) is 10.6 Å². The second kappa shape index (κ2) is 9.80. The zero-order valence-electron chi connectivity index (χ0n) is 16.4. The number of carbonyl (C=O) groups excluding carboxylic acids is 2. The zero-order valence-corrected chi connectivity index (χ0v) is 16.4. The van der Waals surface area contributed by atoms with Gasteiger partial charge in [-0.25, -0.2) is 0 Å². The highest BCUT2D eigenvalue weighted by Crippen LogP contribution is 2.29. The van der Waals surface area contributed by atoms with Gasteiger partial charge in [-0.3, -0.25) is 9.59 Å². The van der Waals surface area contributed by atoms with E-state index in [1.165, 1.54) is 14.2 Å². The first-order chi connectivity index (χ1) is 13.9. The molecule has 2 amide bonds. The molecule has 1 unspecified atom stereocenters. The summed E-state index contributed by atoms with van der Waals surface area (Å²) in [5.41, 5.74) is 6.99. The number of carbonyl (C=O) groups is 2. The second-order valence-corrected chi connectivity index (χ2v) is 6.07. The molecule has 29 heavy (non-hydrogen) atoms. The third kappa shape index (κ3) is 5.49. The van der Waals surface area contributed by atoms with Crippen molar-refractivity contribution in [2.24, 2.45) is 0 Å². The van der Waals surface area contributed by atoms with E-state index in [9.17, 15) is 14.9 Å². The van der Waals surface area contributed by atoms with Crippen LogP contribution in [-0.4, -0.2) is 26.0 Å². The van der Waals surface area contributed by atoms with Gasteiger partial charge in [-0.1, -0.05) is 6.07 Å². The minimum Gasteiger partial charge on any atom is -0.493 e. The van der Waals surface area contributed by atoms with E-state index < -0.39 is 17.9 Å². The molecule has 0 aliphatic carbocycles. The van der Waals surface area contributed by atoms with E-state index in [-0.39, 0.29) is 5.57 Å². The van der Waals surface area contributed by atoms with Crippen LogP contribution in [0.15, 0.2) is 54.2 Å². The summed E-state index contributed by atoms with van der Waals surface area (Å²) in [6, 6.07) is 12.9. The molecular formula is C21H22N4O4. The van der Waals surface area contributed by atoms with Crippen molar-refractivity contribution in [2.45, 2.75) is 13.0 Å². The van der Waals surface area contributed by atoms with Gasteiger partial charge in [0.15, 0.2) is 11.5 Å². The molecule has 0 aliphatic heterocycles. The van der Waals surface area contributed by atoms with Gasteiger partial charge < -0.3 is 25.8 Å². The largest absolute Gasteiger partial charge is 0.493 e. The molecule has 0 saturated heterocycles. The summed E-state index contributed by atoms with van der Waals surface area (Å²) in [5, 5.41) is 14.4. The molecule has 0 radical (unpaired) electrons. The zero-order chi connectivity index (χ0) is 21.4. The molecule has 2 rings (SSSR count).